The summed E-state index contributed by atoms with van der Waals surface area (Å²) in [5, 5.41) is 2.02. The Kier molecular flexibility index (Phi) is 5.36. The van der Waals surface area contributed by atoms with Gasteiger partial charge in [0.1, 0.15) is 5.82 Å². The molecule has 1 saturated heterocycles. The predicted octanol–water partition coefficient (Wildman–Crippen LogP) is 6.46. The van der Waals surface area contributed by atoms with Crippen LogP contribution in [0.1, 0.15) is 30.1 Å². The van der Waals surface area contributed by atoms with Gasteiger partial charge in [-0.1, -0.05) is 41.4 Å². The molecule has 3 nitrogen and oxygen atoms in total. The first kappa shape index (κ1) is 18.7. The fourth-order valence-electron chi connectivity index (χ4n) is 3.74. The van der Waals surface area contributed by atoms with Crippen molar-refractivity contribution in [3.63, 3.8) is 0 Å². The minimum atomic E-state index is 0.352. The summed E-state index contributed by atoms with van der Waals surface area (Å²) in [4.78, 5) is 10.6. The van der Waals surface area contributed by atoms with Gasteiger partial charge in [-0.15, -0.1) is 0 Å². The van der Waals surface area contributed by atoms with Crippen LogP contribution in [-0.4, -0.2) is 28.0 Å². The number of allylic oxidation sites excluding steroid dienone is 1. The van der Waals surface area contributed by atoms with E-state index in [1.54, 1.807) is 6.07 Å². The fraction of sp³-hybridized carbons (Fsp3) is 0.286. The molecule has 0 unspecified atom stereocenters. The quantitative estimate of drug-likeness (QED) is 0.525. The van der Waals surface area contributed by atoms with Crippen LogP contribution in [0.2, 0.25) is 15.1 Å². The number of nitrogens with zero attached hydrogens (tertiary/aromatic N) is 2. The Labute approximate surface area is 173 Å². The van der Waals surface area contributed by atoms with Gasteiger partial charge in [0.25, 0.3) is 0 Å². The van der Waals surface area contributed by atoms with Crippen LogP contribution in [0, 0.1) is 0 Å². The minimum absolute atomic E-state index is 0.352. The van der Waals surface area contributed by atoms with Crippen molar-refractivity contribution in [1.29, 1.82) is 0 Å². The Bertz CT molecular complexity index is 975. The molecular formula is C21H20Cl3N3. The standard InChI is InChI=1S/C21H20Cl3N3/c1-13(7-14-8-17(23)10-18(24)9-14)27-6-2-3-15(12-27)21-25-19-5-4-16(22)11-20(19)26-21/h4-5,8-11,15H,1-3,6-7,12H2,(H,25,26)/t15-/m0/s1. The summed E-state index contributed by atoms with van der Waals surface area (Å²) in [5.74, 6) is 1.38. The number of likely N-dealkylation sites (tertiary alicyclic amines) is 1. The zero-order chi connectivity index (χ0) is 19.0. The molecule has 0 spiro atoms. The van der Waals surface area contributed by atoms with Crippen molar-refractivity contribution in [3.05, 3.63) is 75.1 Å². The minimum Gasteiger partial charge on any atom is -0.374 e. The predicted molar refractivity (Wildman–Crippen MR) is 114 cm³/mol. The molecule has 1 N–H and O–H groups in total. The molecule has 2 heterocycles. The summed E-state index contributed by atoms with van der Waals surface area (Å²) in [6.45, 7) is 6.22. The Morgan fingerprint density at radius 2 is 1.89 bits per heavy atom. The van der Waals surface area contributed by atoms with Crippen molar-refractivity contribution >= 4 is 45.8 Å². The summed E-state index contributed by atoms with van der Waals surface area (Å²) in [6, 6.07) is 11.4. The number of hydrogen-bond donors (Lipinski definition) is 1. The largest absolute Gasteiger partial charge is 0.374 e. The second-order valence-corrected chi connectivity index (χ2v) is 8.40. The first-order valence-electron chi connectivity index (χ1n) is 9.01. The summed E-state index contributed by atoms with van der Waals surface area (Å²) in [6.07, 6.45) is 2.96. The average molecular weight is 421 g/mol. The lowest BCUT2D eigenvalue weighted by Gasteiger charge is -2.35. The van der Waals surface area contributed by atoms with E-state index in [4.69, 9.17) is 39.8 Å². The van der Waals surface area contributed by atoms with E-state index < -0.39 is 0 Å². The number of halogens is 3. The van der Waals surface area contributed by atoms with Crippen LogP contribution < -0.4 is 0 Å². The number of aromatic amines is 1. The van der Waals surface area contributed by atoms with Gasteiger partial charge in [0, 0.05) is 46.2 Å². The lowest BCUT2D eigenvalue weighted by molar-refractivity contribution is 0.251. The molecule has 4 rings (SSSR count). The summed E-state index contributed by atoms with van der Waals surface area (Å²) >= 11 is 18.3. The zero-order valence-corrected chi connectivity index (χ0v) is 17.1. The number of benzene rings is 2. The molecule has 0 saturated carbocycles. The molecule has 1 fully saturated rings. The van der Waals surface area contributed by atoms with Gasteiger partial charge in [0.15, 0.2) is 0 Å². The van der Waals surface area contributed by atoms with Gasteiger partial charge in [-0.2, -0.15) is 0 Å². The van der Waals surface area contributed by atoms with E-state index in [1.807, 2.05) is 30.3 Å². The monoisotopic (exact) mass is 419 g/mol. The maximum absolute atomic E-state index is 6.12. The molecule has 0 radical (unpaired) electrons. The highest BCUT2D eigenvalue weighted by molar-refractivity contribution is 6.34. The highest BCUT2D eigenvalue weighted by Gasteiger charge is 2.24. The second kappa shape index (κ2) is 7.75. The molecule has 6 heteroatoms. The van der Waals surface area contributed by atoms with Gasteiger partial charge in [0.2, 0.25) is 0 Å². The first-order valence-corrected chi connectivity index (χ1v) is 10.1. The number of aromatic nitrogens is 2. The molecule has 0 aliphatic carbocycles. The summed E-state index contributed by atoms with van der Waals surface area (Å²) in [5.41, 5.74) is 4.11. The van der Waals surface area contributed by atoms with Gasteiger partial charge in [-0.25, -0.2) is 4.98 Å². The fourth-order valence-corrected chi connectivity index (χ4v) is 4.48. The maximum atomic E-state index is 6.12. The van der Waals surface area contributed by atoms with E-state index in [9.17, 15) is 0 Å². The molecule has 140 valence electrons. The molecule has 27 heavy (non-hydrogen) atoms. The Balaban J connectivity index is 1.48. The maximum Gasteiger partial charge on any atom is 0.112 e. The number of hydrogen-bond acceptors (Lipinski definition) is 2. The van der Waals surface area contributed by atoms with Crippen molar-refractivity contribution in [2.75, 3.05) is 13.1 Å². The number of H-pyrrole nitrogens is 1. The van der Waals surface area contributed by atoms with Crippen LogP contribution in [0.4, 0.5) is 0 Å². The van der Waals surface area contributed by atoms with Gasteiger partial charge in [-0.05, 0) is 54.8 Å². The van der Waals surface area contributed by atoms with E-state index in [0.29, 0.717) is 21.0 Å². The van der Waals surface area contributed by atoms with E-state index in [1.165, 1.54) is 0 Å². The van der Waals surface area contributed by atoms with Crippen LogP contribution in [0.5, 0.6) is 0 Å². The van der Waals surface area contributed by atoms with E-state index >= 15 is 0 Å². The SMILES string of the molecule is C=C(Cc1cc(Cl)cc(Cl)c1)N1CCC[C@H](c2nc3cc(Cl)ccc3[nH]2)C1. The third-order valence-electron chi connectivity index (χ3n) is 5.05. The molecule has 1 aromatic heterocycles. The smallest absolute Gasteiger partial charge is 0.112 e. The summed E-state index contributed by atoms with van der Waals surface area (Å²) in [7, 11) is 0. The van der Waals surface area contributed by atoms with Crippen LogP contribution in [0.15, 0.2) is 48.7 Å². The second-order valence-electron chi connectivity index (χ2n) is 7.09. The first-order chi connectivity index (χ1) is 13.0. The van der Waals surface area contributed by atoms with Crippen LogP contribution in [0.25, 0.3) is 11.0 Å². The molecule has 0 bridgehead atoms. The van der Waals surface area contributed by atoms with Crippen LogP contribution in [-0.2, 0) is 6.42 Å². The normalized spacial score (nSPS) is 17.4. The number of imidazole rings is 1. The highest BCUT2D eigenvalue weighted by Crippen LogP contribution is 2.30. The van der Waals surface area contributed by atoms with Gasteiger partial charge in [-0.3, -0.25) is 0 Å². The van der Waals surface area contributed by atoms with E-state index in [2.05, 4.69) is 16.5 Å². The van der Waals surface area contributed by atoms with Crippen LogP contribution >= 0.6 is 34.8 Å². The Hall–Kier alpha value is -1.68. The lowest BCUT2D eigenvalue weighted by Crippen LogP contribution is -2.34. The molecule has 1 aliphatic heterocycles. The van der Waals surface area contributed by atoms with E-state index in [-0.39, 0.29) is 0 Å². The van der Waals surface area contributed by atoms with Gasteiger partial charge < -0.3 is 9.88 Å². The molecular weight excluding hydrogens is 401 g/mol. The Morgan fingerprint density at radius 3 is 2.67 bits per heavy atom. The van der Waals surface area contributed by atoms with Crippen molar-refractivity contribution in [3.8, 4) is 0 Å². The van der Waals surface area contributed by atoms with E-state index in [0.717, 1.165) is 60.5 Å². The molecule has 3 aromatic rings. The average Bonchev–Trinajstić information content (AvgIpc) is 3.04. The summed E-state index contributed by atoms with van der Waals surface area (Å²) < 4.78 is 0. The van der Waals surface area contributed by atoms with Crippen molar-refractivity contribution in [2.24, 2.45) is 0 Å². The number of fused-ring (bicyclic) bond motifs is 1. The molecule has 0 amide bonds. The molecule has 1 atom stereocenters. The molecule has 2 aromatic carbocycles. The Morgan fingerprint density at radius 1 is 1.11 bits per heavy atom. The lowest BCUT2D eigenvalue weighted by atomic mass is 9.96. The highest BCUT2D eigenvalue weighted by atomic mass is 35.5. The van der Waals surface area contributed by atoms with Crippen molar-refractivity contribution in [2.45, 2.75) is 25.2 Å². The topological polar surface area (TPSA) is 31.9 Å². The van der Waals surface area contributed by atoms with Crippen LogP contribution in [0.3, 0.4) is 0 Å². The third kappa shape index (κ3) is 4.26. The van der Waals surface area contributed by atoms with Crippen molar-refractivity contribution < 1.29 is 0 Å². The molecule has 1 aliphatic rings. The number of nitrogens with one attached hydrogen (secondary N) is 1. The third-order valence-corrected chi connectivity index (χ3v) is 5.72. The van der Waals surface area contributed by atoms with Gasteiger partial charge in [0.05, 0.1) is 11.0 Å². The number of piperidine rings is 1. The van der Waals surface area contributed by atoms with Gasteiger partial charge >= 0.3 is 0 Å². The number of rotatable bonds is 4. The zero-order valence-electron chi connectivity index (χ0n) is 14.8. The van der Waals surface area contributed by atoms with Crippen molar-refractivity contribution in [1.82, 2.24) is 14.9 Å².